The van der Waals surface area contributed by atoms with E-state index in [-0.39, 0.29) is 0 Å². The van der Waals surface area contributed by atoms with Gasteiger partial charge in [0, 0.05) is 19.1 Å². The molecule has 0 radical (unpaired) electrons. The zero-order valence-corrected chi connectivity index (χ0v) is 11.9. The molecule has 0 spiro atoms. The smallest absolute Gasteiger partial charge is 0.00670 e. The fourth-order valence-electron chi connectivity index (χ4n) is 3.33. The number of rotatable bonds is 9. The quantitative estimate of drug-likeness (QED) is 0.633. The van der Waals surface area contributed by atoms with Gasteiger partial charge in [-0.3, -0.25) is 0 Å². The first-order chi connectivity index (χ1) is 8.90. The Morgan fingerprint density at radius 2 is 1.44 bits per heavy atom. The molecule has 3 fully saturated rings. The topological polar surface area (TPSA) is 15.3 Å². The first-order valence-electron chi connectivity index (χ1n) is 8.36. The summed E-state index contributed by atoms with van der Waals surface area (Å²) in [5.74, 6) is 2.12. The summed E-state index contributed by atoms with van der Waals surface area (Å²) in [5.41, 5.74) is 0. The van der Waals surface area contributed by atoms with Gasteiger partial charge in [-0.25, -0.2) is 0 Å². The third-order valence-corrected chi connectivity index (χ3v) is 4.87. The molecule has 0 unspecified atom stereocenters. The predicted octanol–water partition coefficient (Wildman–Crippen LogP) is 3.03. The standard InChI is InChI=1S/C16H30N2/c1-2-5-16(4-1)17-10-3-11-18(12-14-6-7-14)13-15-8-9-15/h14-17H,1-13H2. The molecular weight excluding hydrogens is 220 g/mol. The molecule has 0 amide bonds. The van der Waals surface area contributed by atoms with Crippen LogP contribution >= 0.6 is 0 Å². The average molecular weight is 250 g/mol. The van der Waals surface area contributed by atoms with Crippen LogP contribution in [-0.2, 0) is 0 Å². The normalized spacial score (nSPS) is 25.2. The Hall–Kier alpha value is -0.0800. The van der Waals surface area contributed by atoms with Crippen LogP contribution in [-0.4, -0.2) is 37.1 Å². The summed E-state index contributed by atoms with van der Waals surface area (Å²) < 4.78 is 0. The minimum Gasteiger partial charge on any atom is -0.314 e. The van der Waals surface area contributed by atoms with Crippen molar-refractivity contribution < 1.29 is 0 Å². The van der Waals surface area contributed by atoms with Gasteiger partial charge in [-0.15, -0.1) is 0 Å². The van der Waals surface area contributed by atoms with E-state index in [9.17, 15) is 0 Å². The van der Waals surface area contributed by atoms with Crippen LogP contribution in [0, 0.1) is 11.8 Å². The predicted molar refractivity (Wildman–Crippen MR) is 76.8 cm³/mol. The largest absolute Gasteiger partial charge is 0.314 e. The Morgan fingerprint density at radius 3 is 2.00 bits per heavy atom. The molecular formula is C16H30N2. The Kier molecular flexibility index (Phi) is 4.58. The van der Waals surface area contributed by atoms with Gasteiger partial charge < -0.3 is 10.2 Å². The van der Waals surface area contributed by atoms with Crippen LogP contribution in [0.15, 0.2) is 0 Å². The van der Waals surface area contributed by atoms with Gasteiger partial charge in [-0.2, -0.15) is 0 Å². The van der Waals surface area contributed by atoms with Crippen LogP contribution in [0.2, 0.25) is 0 Å². The Bertz CT molecular complexity index is 225. The monoisotopic (exact) mass is 250 g/mol. The second-order valence-electron chi connectivity index (χ2n) is 6.94. The van der Waals surface area contributed by atoms with Crippen molar-refractivity contribution in [1.82, 2.24) is 10.2 Å². The van der Waals surface area contributed by atoms with E-state index < -0.39 is 0 Å². The Labute approximate surface area is 113 Å². The van der Waals surface area contributed by atoms with E-state index in [1.165, 1.54) is 84.0 Å². The van der Waals surface area contributed by atoms with E-state index in [4.69, 9.17) is 0 Å². The minimum atomic E-state index is 0.852. The molecule has 0 aliphatic heterocycles. The first kappa shape index (κ1) is 12.9. The molecule has 3 aliphatic rings. The van der Waals surface area contributed by atoms with Crippen LogP contribution in [0.25, 0.3) is 0 Å². The van der Waals surface area contributed by atoms with E-state index in [0.717, 1.165) is 17.9 Å². The summed E-state index contributed by atoms with van der Waals surface area (Å²) in [6.07, 6.45) is 13.1. The van der Waals surface area contributed by atoms with Crippen molar-refractivity contribution in [3.63, 3.8) is 0 Å². The maximum absolute atomic E-state index is 3.75. The summed E-state index contributed by atoms with van der Waals surface area (Å²) >= 11 is 0. The average Bonchev–Trinajstić information content (AvgIpc) is 3.29. The molecule has 104 valence electrons. The molecule has 3 saturated carbocycles. The van der Waals surface area contributed by atoms with Gasteiger partial charge >= 0.3 is 0 Å². The second-order valence-corrected chi connectivity index (χ2v) is 6.94. The van der Waals surface area contributed by atoms with Crippen LogP contribution in [0.1, 0.15) is 57.8 Å². The number of nitrogens with zero attached hydrogens (tertiary/aromatic N) is 1. The van der Waals surface area contributed by atoms with Crippen molar-refractivity contribution in [2.24, 2.45) is 11.8 Å². The van der Waals surface area contributed by atoms with Crippen molar-refractivity contribution in [3.8, 4) is 0 Å². The highest BCUT2D eigenvalue weighted by molar-refractivity contribution is 4.82. The SMILES string of the molecule is C1CCC(NCCCN(CC2CC2)CC2CC2)C1. The highest BCUT2D eigenvalue weighted by Crippen LogP contribution is 2.33. The van der Waals surface area contributed by atoms with Crippen molar-refractivity contribution >= 4 is 0 Å². The van der Waals surface area contributed by atoms with Crippen molar-refractivity contribution in [1.29, 1.82) is 0 Å². The molecule has 18 heavy (non-hydrogen) atoms. The molecule has 1 N–H and O–H groups in total. The molecule has 0 aromatic carbocycles. The molecule has 0 heterocycles. The van der Waals surface area contributed by atoms with E-state index in [2.05, 4.69) is 10.2 Å². The molecule has 2 nitrogen and oxygen atoms in total. The summed E-state index contributed by atoms with van der Waals surface area (Å²) in [7, 11) is 0. The lowest BCUT2D eigenvalue weighted by molar-refractivity contribution is 0.247. The maximum atomic E-state index is 3.75. The molecule has 3 aliphatic carbocycles. The van der Waals surface area contributed by atoms with Crippen LogP contribution < -0.4 is 5.32 Å². The molecule has 3 rings (SSSR count). The zero-order valence-electron chi connectivity index (χ0n) is 11.9. The van der Waals surface area contributed by atoms with Crippen molar-refractivity contribution in [2.75, 3.05) is 26.2 Å². The summed E-state index contributed by atoms with van der Waals surface area (Å²) in [4.78, 5) is 2.77. The lowest BCUT2D eigenvalue weighted by Crippen LogP contribution is -2.33. The Morgan fingerprint density at radius 1 is 0.833 bits per heavy atom. The lowest BCUT2D eigenvalue weighted by atomic mass is 10.2. The van der Waals surface area contributed by atoms with Crippen molar-refractivity contribution in [2.45, 2.75) is 63.8 Å². The summed E-state index contributed by atoms with van der Waals surface area (Å²) in [6.45, 7) is 5.39. The Balaban J connectivity index is 1.28. The van der Waals surface area contributed by atoms with E-state index in [1.807, 2.05) is 0 Å². The van der Waals surface area contributed by atoms with Gasteiger partial charge in [0.05, 0.1) is 0 Å². The molecule has 0 atom stereocenters. The number of hydrogen-bond acceptors (Lipinski definition) is 2. The summed E-state index contributed by atoms with van der Waals surface area (Å²) in [5, 5.41) is 3.75. The lowest BCUT2D eigenvalue weighted by Gasteiger charge is -2.22. The summed E-state index contributed by atoms with van der Waals surface area (Å²) in [6, 6.07) is 0.852. The third kappa shape index (κ3) is 4.55. The molecule has 2 heteroatoms. The van der Waals surface area contributed by atoms with Gasteiger partial charge in [0.25, 0.3) is 0 Å². The van der Waals surface area contributed by atoms with Crippen molar-refractivity contribution in [3.05, 3.63) is 0 Å². The van der Waals surface area contributed by atoms with E-state index in [0.29, 0.717) is 0 Å². The number of hydrogen-bond donors (Lipinski definition) is 1. The second kappa shape index (κ2) is 6.38. The van der Waals surface area contributed by atoms with Crippen LogP contribution in [0.4, 0.5) is 0 Å². The van der Waals surface area contributed by atoms with Crippen LogP contribution in [0.5, 0.6) is 0 Å². The van der Waals surface area contributed by atoms with Gasteiger partial charge in [0.2, 0.25) is 0 Å². The van der Waals surface area contributed by atoms with Gasteiger partial charge in [0.1, 0.15) is 0 Å². The van der Waals surface area contributed by atoms with Gasteiger partial charge in [-0.05, 0) is 69.9 Å². The highest BCUT2D eigenvalue weighted by Gasteiger charge is 2.28. The highest BCUT2D eigenvalue weighted by atomic mass is 15.1. The fourth-order valence-corrected chi connectivity index (χ4v) is 3.33. The van der Waals surface area contributed by atoms with E-state index in [1.54, 1.807) is 0 Å². The molecule has 0 saturated heterocycles. The van der Waals surface area contributed by atoms with Gasteiger partial charge in [0.15, 0.2) is 0 Å². The van der Waals surface area contributed by atoms with Crippen LogP contribution in [0.3, 0.4) is 0 Å². The van der Waals surface area contributed by atoms with E-state index >= 15 is 0 Å². The maximum Gasteiger partial charge on any atom is 0.00670 e. The molecule has 0 aromatic rings. The minimum absolute atomic E-state index is 0.852. The fraction of sp³-hybridized carbons (Fsp3) is 1.00. The number of nitrogens with one attached hydrogen (secondary N) is 1. The third-order valence-electron chi connectivity index (χ3n) is 4.87. The van der Waals surface area contributed by atoms with Gasteiger partial charge in [-0.1, -0.05) is 12.8 Å². The molecule has 0 aromatic heterocycles. The first-order valence-corrected chi connectivity index (χ1v) is 8.36. The zero-order chi connectivity index (χ0) is 12.2. The molecule has 0 bridgehead atoms.